The van der Waals surface area contributed by atoms with Gasteiger partial charge in [-0.05, 0) is 67.8 Å². The Morgan fingerprint density at radius 1 is 1.19 bits per heavy atom. The summed E-state index contributed by atoms with van der Waals surface area (Å²) in [6.45, 7) is 4.95. The number of anilines is 1. The predicted molar refractivity (Wildman–Crippen MR) is 109 cm³/mol. The van der Waals surface area contributed by atoms with Crippen molar-refractivity contribution < 1.29 is 4.79 Å². The molecule has 5 rings (SSSR count). The van der Waals surface area contributed by atoms with Gasteiger partial charge in [0.05, 0.1) is 5.69 Å². The van der Waals surface area contributed by atoms with Gasteiger partial charge in [-0.25, -0.2) is 4.98 Å². The Bertz CT molecular complexity index is 803. The van der Waals surface area contributed by atoms with Crippen LogP contribution in [0.5, 0.6) is 0 Å². The van der Waals surface area contributed by atoms with Crippen LogP contribution in [0.1, 0.15) is 64.0 Å². The fourth-order valence-electron chi connectivity index (χ4n) is 7.68. The van der Waals surface area contributed by atoms with Crippen LogP contribution < -0.4 is 5.73 Å². The number of nitrogen functional groups attached to an aromatic ring is 1. The van der Waals surface area contributed by atoms with Crippen LogP contribution in [0.25, 0.3) is 0 Å². The van der Waals surface area contributed by atoms with E-state index < -0.39 is 0 Å². The summed E-state index contributed by atoms with van der Waals surface area (Å²) >= 11 is 1.59. The molecule has 1 aliphatic heterocycles. The minimum Gasteiger partial charge on any atom is -0.375 e. The molecule has 3 aliphatic carbocycles. The number of likely N-dealkylation sites (N-methyl/N-ethyl adjacent to an activating group) is 1. The molecule has 0 radical (unpaired) electrons. The van der Waals surface area contributed by atoms with Crippen LogP contribution in [0, 0.1) is 28.6 Å². The Kier molecular flexibility index (Phi) is 3.82. The summed E-state index contributed by atoms with van der Waals surface area (Å²) in [6.07, 6.45) is 11.6. The molecule has 7 atom stereocenters. The first kappa shape index (κ1) is 17.7. The van der Waals surface area contributed by atoms with Gasteiger partial charge in [0.25, 0.3) is 0 Å². The van der Waals surface area contributed by atoms with E-state index in [1.165, 1.54) is 37.8 Å². The van der Waals surface area contributed by atoms with Crippen molar-refractivity contribution in [2.45, 2.75) is 64.3 Å². The first-order valence-electron chi connectivity index (χ1n) is 10.5. The first-order chi connectivity index (χ1) is 12.8. The van der Waals surface area contributed by atoms with Crippen molar-refractivity contribution in [2.24, 2.45) is 28.6 Å². The number of rotatable bonds is 1. The molecule has 4 nitrogen and oxygen atoms in total. The highest BCUT2D eigenvalue weighted by atomic mass is 32.1. The maximum absolute atomic E-state index is 12.2. The molecule has 5 heteroatoms. The topological polar surface area (TPSA) is 59.2 Å². The Labute approximate surface area is 166 Å². The minimum absolute atomic E-state index is 0.135. The fraction of sp³-hybridized carbons (Fsp3) is 0.727. The van der Waals surface area contributed by atoms with Crippen molar-refractivity contribution in [3.05, 3.63) is 23.2 Å². The molecule has 0 spiro atoms. The van der Waals surface area contributed by atoms with Crippen LogP contribution in [0.4, 0.5) is 5.13 Å². The molecule has 2 heterocycles. The molecule has 0 bridgehead atoms. The summed E-state index contributed by atoms with van der Waals surface area (Å²) in [4.78, 5) is 18.9. The average Bonchev–Trinajstić information content (AvgIpc) is 3.21. The summed E-state index contributed by atoms with van der Waals surface area (Å²) < 4.78 is 0. The van der Waals surface area contributed by atoms with Crippen LogP contribution in [0.15, 0.2) is 17.5 Å². The van der Waals surface area contributed by atoms with Crippen LogP contribution in [-0.4, -0.2) is 28.9 Å². The van der Waals surface area contributed by atoms with Gasteiger partial charge in [-0.2, -0.15) is 0 Å². The van der Waals surface area contributed by atoms with Crippen LogP contribution in [0.3, 0.4) is 0 Å². The average molecular weight is 386 g/mol. The van der Waals surface area contributed by atoms with Crippen molar-refractivity contribution in [3.8, 4) is 0 Å². The number of thiazole rings is 1. The molecule has 3 fully saturated rings. The largest absolute Gasteiger partial charge is 0.375 e. The van der Waals surface area contributed by atoms with Gasteiger partial charge in [0.1, 0.15) is 0 Å². The highest BCUT2D eigenvalue weighted by Gasteiger charge is 2.60. The van der Waals surface area contributed by atoms with Crippen molar-refractivity contribution in [2.75, 3.05) is 12.8 Å². The highest BCUT2D eigenvalue weighted by Crippen LogP contribution is 2.67. The Hall–Kier alpha value is -1.36. The molecule has 4 aliphatic rings. The van der Waals surface area contributed by atoms with E-state index in [1.807, 2.05) is 18.0 Å². The lowest BCUT2D eigenvalue weighted by atomic mass is 9.47. The number of hydrogen-bond donors (Lipinski definition) is 1. The Balaban J connectivity index is 1.47. The number of nitrogens with two attached hydrogens (primary N) is 1. The van der Waals surface area contributed by atoms with Gasteiger partial charge in [-0.15, -0.1) is 11.3 Å². The molecule has 1 aromatic heterocycles. The molecule has 2 unspecified atom stereocenters. The van der Waals surface area contributed by atoms with Gasteiger partial charge >= 0.3 is 0 Å². The van der Waals surface area contributed by atoms with Crippen molar-refractivity contribution >= 4 is 22.4 Å². The third-order valence-corrected chi connectivity index (χ3v) is 9.72. The lowest BCUT2D eigenvalue weighted by Gasteiger charge is -2.60. The molecule has 0 aromatic carbocycles. The van der Waals surface area contributed by atoms with Gasteiger partial charge < -0.3 is 10.6 Å². The van der Waals surface area contributed by atoms with Gasteiger partial charge in [-0.1, -0.05) is 19.9 Å². The first-order valence-corrected chi connectivity index (χ1v) is 11.4. The van der Waals surface area contributed by atoms with E-state index in [2.05, 4.69) is 30.3 Å². The van der Waals surface area contributed by atoms with Crippen molar-refractivity contribution in [1.29, 1.82) is 0 Å². The maximum Gasteiger partial charge on any atom is 0.246 e. The van der Waals surface area contributed by atoms with Gasteiger partial charge in [0.15, 0.2) is 5.13 Å². The number of nitrogens with zero attached hydrogens (tertiary/aromatic N) is 2. The number of carbonyl (C=O) groups is 1. The summed E-state index contributed by atoms with van der Waals surface area (Å²) in [6, 6.07) is 0.371. The quantitative estimate of drug-likeness (QED) is 0.777. The number of hydrogen-bond acceptors (Lipinski definition) is 4. The summed E-state index contributed by atoms with van der Waals surface area (Å²) in [5, 5.41) is 2.90. The minimum atomic E-state index is 0.135. The molecule has 27 heavy (non-hydrogen) atoms. The molecule has 1 aromatic rings. The molecule has 0 saturated heterocycles. The van der Waals surface area contributed by atoms with Gasteiger partial charge in [-0.3, -0.25) is 4.79 Å². The Morgan fingerprint density at radius 2 is 2.00 bits per heavy atom. The summed E-state index contributed by atoms with van der Waals surface area (Å²) in [7, 11) is 2.00. The molecule has 146 valence electrons. The van der Waals surface area contributed by atoms with E-state index in [0.717, 1.165) is 18.3 Å². The second kappa shape index (κ2) is 5.82. The zero-order chi connectivity index (χ0) is 19.0. The second-order valence-electron chi connectivity index (χ2n) is 9.90. The predicted octanol–water partition coefficient (Wildman–Crippen LogP) is 4.45. The smallest absolute Gasteiger partial charge is 0.246 e. The van der Waals surface area contributed by atoms with Gasteiger partial charge in [0, 0.05) is 29.8 Å². The second-order valence-corrected chi connectivity index (χ2v) is 10.8. The monoisotopic (exact) mass is 385 g/mol. The van der Waals surface area contributed by atoms with Crippen LogP contribution in [0.2, 0.25) is 0 Å². The van der Waals surface area contributed by atoms with E-state index >= 15 is 0 Å². The van der Waals surface area contributed by atoms with Crippen molar-refractivity contribution in [3.63, 3.8) is 0 Å². The normalized spacial score (nSPS) is 46.1. The molecule has 2 N–H and O–H groups in total. The third-order valence-electron chi connectivity index (χ3n) is 9.02. The standard InChI is InChI=1S/C22H31N3OS/c1-21-10-8-15-13(4-7-18-22(15,2)11-9-19(26)25(18)3)14(21)5-6-16(21)17-12-27-20(23)24-17/h9,11-16,18H,4-8,10H2,1-3H3,(H2,23,24)/t13-,14-,15+,16?,18?,21-,22+/m0/s1. The molecular weight excluding hydrogens is 354 g/mol. The summed E-state index contributed by atoms with van der Waals surface area (Å²) in [5.74, 6) is 2.99. The summed E-state index contributed by atoms with van der Waals surface area (Å²) in [5.41, 5.74) is 7.67. The number of fused-ring (bicyclic) bond motifs is 5. The van der Waals surface area contributed by atoms with E-state index in [4.69, 9.17) is 5.73 Å². The van der Waals surface area contributed by atoms with E-state index in [-0.39, 0.29) is 11.3 Å². The highest BCUT2D eigenvalue weighted by molar-refractivity contribution is 7.13. The van der Waals surface area contributed by atoms with Crippen LogP contribution in [-0.2, 0) is 4.79 Å². The number of aromatic nitrogens is 1. The number of amides is 1. The lowest BCUT2D eigenvalue weighted by molar-refractivity contribution is -0.138. The van der Waals surface area contributed by atoms with E-state index in [0.29, 0.717) is 28.4 Å². The third kappa shape index (κ3) is 2.33. The SMILES string of the molecule is CN1C(=O)C=C[C@@]2(C)C1CC[C@@H]1[C@H]2CC[C@]2(C)C(c3csc(N)n3)CC[C@@H]12. The lowest BCUT2D eigenvalue weighted by Crippen LogP contribution is -2.59. The molecule has 3 saturated carbocycles. The zero-order valence-corrected chi connectivity index (χ0v) is 17.5. The number of carbonyl (C=O) groups excluding carboxylic acids is 1. The zero-order valence-electron chi connectivity index (χ0n) is 16.6. The van der Waals surface area contributed by atoms with Crippen LogP contribution >= 0.6 is 11.3 Å². The van der Waals surface area contributed by atoms with E-state index in [1.54, 1.807) is 11.3 Å². The molecular formula is C22H31N3OS. The Morgan fingerprint density at radius 3 is 2.74 bits per heavy atom. The maximum atomic E-state index is 12.2. The fourth-order valence-corrected chi connectivity index (χ4v) is 8.30. The van der Waals surface area contributed by atoms with E-state index in [9.17, 15) is 4.79 Å². The van der Waals surface area contributed by atoms with Gasteiger partial charge in [0.2, 0.25) is 5.91 Å². The molecule has 1 amide bonds. The van der Waals surface area contributed by atoms with Crippen molar-refractivity contribution in [1.82, 2.24) is 9.88 Å².